The van der Waals surface area contributed by atoms with E-state index in [1.54, 1.807) is 32.2 Å². The predicted molar refractivity (Wildman–Crippen MR) is 87.4 cm³/mol. The number of nitrogens with zero attached hydrogens (tertiary/aromatic N) is 1. The van der Waals surface area contributed by atoms with Crippen molar-refractivity contribution in [3.05, 3.63) is 59.2 Å². The van der Waals surface area contributed by atoms with Gasteiger partial charge in [-0.05, 0) is 42.8 Å². The van der Waals surface area contributed by atoms with Crippen molar-refractivity contribution in [1.29, 1.82) is 0 Å². The summed E-state index contributed by atoms with van der Waals surface area (Å²) in [7, 11) is 1.58. The lowest BCUT2D eigenvalue weighted by Crippen LogP contribution is -2.30. The van der Waals surface area contributed by atoms with Gasteiger partial charge >= 0.3 is 0 Å². The maximum Gasteiger partial charge on any atom is 0.262 e. The summed E-state index contributed by atoms with van der Waals surface area (Å²) in [5, 5.41) is 2.65. The lowest BCUT2D eigenvalue weighted by Gasteiger charge is -2.26. The lowest BCUT2D eigenvalue weighted by atomic mass is 10.1. The maximum atomic E-state index is 13.4. The SMILES string of the molecule is C[C@@H](c1ccc(F)c(F)c1)N(C)C(=O)c1ccc2c(c1)OCC(=O)N2. The predicted octanol–water partition coefficient (Wildman–Crippen LogP) is 3.13. The fourth-order valence-corrected chi connectivity index (χ4v) is 2.58. The normalized spacial score (nSPS) is 14.2. The molecule has 2 aromatic rings. The van der Waals surface area contributed by atoms with E-state index in [2.05, 4.69) is 5.32 Å². The third-order valence-electron chi connectivity index (χ3n) is 4.19. The zero-order chi connectivity index (χ0) is 18.1. The summed E-state index contributed by atoms with van der Waals surface area (Å²) >= 11 is 0. The molecule has 0 aliphatic carbocycles. The third-order valence-corrected chi connectivity index (χ3v) is 4.19. The molecule has 2 amide bonds. The van der Waals surface area contributed by atoms with Crippen molar-refractivity contribution in [2.45, 2.75) is 13.0 Å². The molecular weight excluding hydrogens is 330 g/mol. The van der Waals surface area contributed by atoms with Crippen LogP contribution in [0.25, 0.3) is 0 Å². The monoisotopic (exact) mass is 346 g/mol. The highest BCUT2D eigenvalue weighted by Crippen LogP contribution is 2.30. The highest BCUT2D eigenvalue weighted by molar-refractivity contribution is 5.99. The van der Waals surface area contributed by atoms with E-state index in [4.69, 9.17) is 4.74 Å². The van der Waals surface area contributed by atoms with Gasteiger partial charge in [0.1, 0.15) is 5.75 Å². The van der Waals surface area contributed by atoms with E-state index in [-0.39, 0.29) is 18.4 Å². The molecule has 2 aromatic carbocycles. The lowest BCUT2D eigenvalue weighted by molar-refractivity contribution is -0.118. The van der Waals surface area contributed by atoms with Gasteiger partial charge in [0.15, 0.2) is 18.2 Å². The van der Waals surface area contributed by atoms with Crippen LogP contribution in [0.4, 0.5) is 14.5 Å². The van der Waals surface area contributed by atoms with E-state index < -0.39 is 17.7 Å². The first-order valence-corrected chi connectivity index (χ1v) is 7.65. The smallest absolute Gasteiger partial charge is 0.262 e. The van der Waals surface area contributed by atoms with Crippen molar-refractivity contribution in [3.63, 3.8) is 0 Å². The zero-order valence-corrected chi connectivity index (χ0v) is 13.7. The van der Waals surface area contributed by atoms with Crippen LogP contribution in [0.2, 0.25) is 0 Å². The van der Waals surface area contributed by atoms with E-state index in [0.717, 1.165) is 12.1 Å². The first-order valence-electron chi connectivity index (χ1n) is 7.65. The number of amides is 2. The van der Waals surface area contributed by atoms with Gasteiger partial charge in [0, 0.05) is 12.6 Å². The molecule has 1 heterocycles. The van der Waals surface area contributed by atoms with E-state index in [9.17, 15) is 18.4 Å². The maximum absolute atomic E-state index is 13.4. The van der Waals surface area contributed by atoms with E-state index in [0.29, 0.717) is 22.6 Å². The van der Waals surface area contributed by atoms with Crippen LogP contribution in [0.3, 0.4) is 0 Å². The number of halogens is 2. The average Bonchev–Trinajstić information content (AvgIpc) is 2.61. The third kappa shape index (κ3) is 3.31. The van der Waals surface area contributed by atoms with Crippen LogP contribution in [0, 0.1) is 11.6 Å². The molecular formula is C18H16F2N2O3. The number of anilines is 1. The molecule has 3 rings (SSSR count). The number of hydrogen-bond donors (Lipinski definition) is 1. The topological polar surface area (TPSA) is 58.6 Å². The highest BCUT2D eigenvalue weighted by atomic mass is 19.2. The molecule has 5 nitrogen and oxygen atoms in total. The van der Waals surface area contributed by atoms with Crippen molar-refractivity contribution in [3.8, 4) is 5.75 Å². The van der Waals surface area contributed by atoms with Crippen molar-refractivity contribution < 1.29 is 23.1 Å². The number of carbonyl (C=O) groups excluding carboxylic acids is 2. The van der Waals surface area contributed by atoms with Gasteiger partial charge in [-0.15, -0.1) is 0 Å². The van der Waals surface area contributed by atoms with Gasteiger partial charge in [-0.25, -0.2) is 8.78 Å². The minimum absolute atomic E-state index is 0.105. The molecule has 0 fully saturated rings. The number of ether oxygens (including phenoxy) is 1. The van der Waals surface area contributed by atoms with Gasteiger partial charge in [-0.2, -0.15) is 0 Å². The molecule has 1 atom stereocenters. The molecule has 1 aliphatic heterocycles. The summed E-state index contributed by atoms with van der Waals surface area (Å²) in [6, 6.07) is 7.81. The minimum Gasteiger partial charge on any atom is -0.482 e. The summed E-state index contributed by atoms with van der Waals surface area (Å²) in [6.07, 6.45) is 0. The molecule has 0 unspecified atom stereocenters. The van der Waals surface area contributed by atoms with E-state index in [1.807, 2.05) is 0 Å². The average molecular weight is 346 g/mol. The Bertz CT molecular complexity index is 854. The summed E-state index contributed by atoms with van der Waals surface area (Å²) in [6.45, 7) is 1.62. The standard InChI is InChI=1S/C18H16F2N2O3/c1-10(11-3-5-13(19)14(20)7-11)22(2)18(24)12-4-6-15-16(8-12)25-9-17(23)21-15/h3-8,10H,9H2,1-2H3,(H,21,23)/t10-/m0/s1. The van der Waals surface area contributed by atoms with Gasteiger partial charge in [-0.3, -0.25) is 9.59 Å². The molecule has 0 spiro atoms. The fraction of sp³-hybridized carbons (Fsp3) is 0.222. The molecule has 1 aliphatic rings. The van der Waals surface area contributed by atoms with Crippen LogP contribution < -0.4 is 10.1 Å². The summed E-state index contributed by atoms with van der Waals surface area (Å²) < 4.78 is 31.8. The largest absolute Gasteiger partial charge is 0.482 e. The van der Waals surface area contributed by atoms with Gasteiger partial charge in [0.2, 0.25) is 0 Å². The second-order valence-electron chi connectivity index (χ2n) is 5.81. The Kier molecular flexibility index (Phi) is 4.39. The van der Waals surface area contributed by atoms with E-state index >= 15 is 0 Å². The van der Waals surface area contributed by atoms with Crippen molar-refractivity contribution in [2.24, 2.45) is 0 Å². The van der Waals surface area contributed by atoms with Crippen LogP contribution >= 0.6 is 0 Å². The van der Waals surface area contributed by atoms with Crippen LogP contribution in [-0.4, -0.2) is 30.4 Å². The fourth-order valence-electron chi connectivity index (χ4n) is 2.58. The first kappa shape index (κ1) is 16.9. The van der Waals surface area contributed by atoms with Crippen molar-refractivity contribution in [1.82, 2.24) is 4.90 Å². The Hall–Kier alpha value is -2.96. The first-order chi connectivity index (χ1) is 11.9. The van der Waals surface area contributed by atoms with Crippen LogP contribution in [-0.2, 0) is 4.79 Å². The molecule has 0 aromatic heterocycles. The van der Waals surface area contributed by atoms with Crippen molar-refractivity contribution in [2.75, 3.05) is 19.0 Å². The number of nitrogens with one attached hydrogen (secondary N) is 1. The van der Waals surface area contributed by atoms with Gasteiger partial charge in [-0.1, -0.05) is 6.07 Å². The number of rotatable bonds is 3. The van der Waals surface area contributed by atoms with E-state index in [1.165, 1.54) is 11.0 Å². The minimum atomic E-state index is -0.955. The number of carbonyl (C=O) groups is 2. The molecule has 1 N–H and O–H groups in total. The Labute approximate surface area is 143 Å². The number of benzene rings is 2. The molecule has 25 heavy (non-hydrogen) atoms. The molecule has 7 heteroatoms. The molecule has 0 saturated heterocycles. The molecule has 0 saturated carbocycles. The quantitative estimate of drug-likeness (QED) is 0.929. The van der Waals surface area contributed by atoms with Crippen molar-refractivity contribution >= 4 is 17.5 Å². The van der Waals surface area contributed by atoms with Crippen LogP contribution in [0.5, 0.6) is 5.75 Å². The number of hydrogen-bond acceptors (Lipinski definition) is 3. The van der Waals surface area contributed by atoms with Crippen LogP contribution in [0.15, 0.2) is 36.4 Å². The summed E-state index contributed by atoms with van der Waals surface area (Å²) in [4.78, 5) is 25.4. The molecule has 0 bridgehead atoms. The highest BCUT2D eigenvalue weighted by Gasteiger charge is 2.23. The summed E-state index contributed by atoms with van der Waals surface area (Å²) in [5.41, 5.74) is 1.35. The van der Waals surface area contributed by atoms with Crippen LogP contribution in [0.1, 0.15) is 28.9 Å². The molecule has 0 radical (unpaired) electrons. The second-order valence-corrected chi connectivity index (χ2v) is 5.81. The Morgan fingerprint density at radius 1 is 1.20 bits per heavy atom. The summed E-state index contributed by atoms with van der Waals surface area (Å²) in [5.74, 6) is -2.03. The van der Waals surface area contributed by atoms with Gasteiger partial charge in [0.25, 0.3) is 11.8 Å². The zero-order valence-electron chi connectivity index (χ0n) is 13.7. The Morgan fingerprint density at radius 2 is 1.96 bits per heavy atom. The molecule has 130 valence electrons. The van der Waals surface area contributed by atoms with Gasteiger partial charge < -0.3 is 15.0 Å². The number of fused-ring (bicyclic) bond motifs is 1. The Balaban J connectivity index is 1.82. The Morgan fingerprint density at radius 3 is 2.68 bits per heavy atom. The van der Waals surface area contributed by atoms with Gasteiger partial charge in [0.05, 0.1) is 11.7 Å². The second kappa shape index (κ2) is 6.51.